The van der Waals surface area contributed by atoms with Crippen molar-refractivity contribution in [2.24, 2.45) is 11.7 Å². The van der Waals surface area contributed by atoms with Crippen molar-refractivity contribution in [1.82, 2.24) is 0 Å². The molecule has 2 N–H and O–H groups in total. The van der Waals surface area contributed by atoms with Crippen LogP contribution in [0.3, 0.4) is 0 Å². The molecule has 1 fully saturated rings. The van der Waals surface area contributed by atoms with E-state index in [0.29, 0.717) is 5.92 Å². The monoisotopic (exact) mass is 291 g/mol. The standard InChI is InChI=1S/C17H21NO.ClH/c1-19-15-11-10-12-6-4-5-9-14(12)16(15)17(18)13-7-2-3-8-13;/h4-6,9-11,13,17H,2-3,7-8,18H2,1H3;1H/t17-;/m0./s1. The smallest absolute Gasteiger partial charge is 0.124 e. The van der Waals surface area contributed by atoms with E-state index in [4.69, 9.17) is 10.5 Å². The van der Waals surface area contributed by atoms with Crippen LogP contribution in [0.15, 0.2) is 36.4 Å². The van der Waals surface area contributed by atoms with Gasteiger partial charge in [0.1, 0.15) is 5.75 Å². The molecular formula is C17H22ClNO. The van der Waals surface area contributed by atoms with Gasteiger partial charge in [0.25, 0.3) is 0 Å². The summed E-state index contributed by atoms with van der Waals surface area (Å²) in [6.45, 7) is 0. The maximum absolute atomic E-state index is 6.56. The summed E-state index contributed by atoms with van der Waals surface area (Å²) >= 11 is 0. The Labute approximate surface area is 126 Å². The number of halogens is 1. The van der Waals surface area contributed by atoms with Crippen molar-refractivity contribution >= 4 is 23.2 Å². The zero-order valence-corrected chi connectivity index (χ0v) is 12.7. The van der Waals surface area contributed by atoms with Crippen LogP contribution in [0.25, 0.3) is 10.8 Å². The third-order valence-corrected chi connectivity index (χ3v) is 4.39. The van der Waals surface area contributed by atoms with Crippen molar-refractivity contribution < 1.29 is 4.74 Å². The van der Waals surface area contributed by atoms with Crippen LogP contribution < -0.4 is 10.5 Å². The largest absolute Gasteiger partial charge is 0.496 e. The quantitative estimate of drug-likeness (QED) is 0.906. The topological polar surface area (TPSA) is 35.2 Å². The predicted molar refractivity (Wildman–Crippen MR) is 86.6 cm³/mol. The van der Waals surface area contributed by atoms with Crippen LogP contribution in [0, 0.1) is 5.92 Å². The Bertz CT molecular complexity index is 578. The van der Waals surface area contributed by atoms with Crippen molar-refractivity contribution in [2.45, 2.75) is 31.7 Å². The summed E-state index contributed by atoms with van der Waals surface area (Å²) in [5, 5.41) is 2.48. The molecule has 0 heterocycles. The highest BCUT2D eigenvalue weighted by Crippen LogP contribution is 2.40. The maximum Gasteiger partial charge on any atom is 0.124 e. The summed E-state index contributed by atoms with van der Waals surface area (Å²) in [6.07, 6.45) is 5.11. The number of rotatable bonds is 3. The van der Waals surface area contributed by atoms with Gasteiger partial charge < -0.3 is 10.5 Å². The molecule has 108 valence electrons. The lowest BCUT2D eigenvalue weighted by Crippen LogP contribution is -2.20. The molecule has 2 aromatic carbocycles. The molecule has 1 aliphatic carbocycles. The Morgan fingerprint density at radius 1 is 1.10 bits per heavy atom. The lowest BCUT2D eigenvalue weighted by molar-refractivity contribution is 0.387. The van der Waals surface area contributed by atoms with Gasteiger partial charge in [-0.05, 0) is 35.6 Å². The van der Waals surface area contributed by atoms with Crippen LogP contribution in [0.4, 0.5) is 0 Å². The van der Waals surface area contributed by atoms with E-state index in [1.54, 1.807) is 7.11 Å². The van der Waals surface area contributed by atoms with E-state index in [1.165, 1.54) is 42.0 Å². The van der Waals surface area contributed by atoms with Gasteiger partial charge in [-0.2, -0.15) is 0 Å². The van der Waals surface area contributed by atoms with E-state index in [0.717, 1.165) is 5.75 Å². The molecule has 0 aromatic heterocycles. The number of ether oxygens (including phenoxy) is 1. The molecule has 0 amide bonds. The normalized spacial score (nSPS) is 16.9. The lowest BCUT2D eigenvalue weighted by atomic mass is 9.88. The number of fused-ring (bicyclic) bond motifs is 1. The first-order chi connectivity index (χ1) is 9.31. The molecule has 0 saturated heterocycles. The molecule has 3 heteroatoms. The third-order valence-electron chi connectivity index (χ3n) is 4.39. The van der Waals surface area contributed by atoms with E-state index >= 15 is 0 Å². The average molecular weight is 292 g/mol. The Morgan fingerprint density at radius 2 is 1.80 bits per heavy atom. The SMILES string of the molecule is COc1ccc2ccccc2c1[C@@H](N)C1CCCC1.Cl. The second-order valence-corrected chi connectivity index (χ2v) is 5.47. The van der Waals surface area contributed by atoms with Gasteiger partial charge in [-0.25, -0.2) is 0 Å². The van der Waals surface area contributed by atoms with Gasteiger partial charge in [-0.3, -0.25) is 0 Å². The highest BCUT2D eigenvalue weighted by molar-refractivity contribution is 5.88. The maximum atomic E-state index is 6.56. The highest BCUT2D eigenvalue weighted by atomic mass is 35.5. The minimum atomic E-state index is 0. The van der Waals surface area contributed by atoms with Crippen LogP contribution in [0.1, 0.15) is 37.3 Å². The minimum Gasteiger partial charge on any atom is -0.496 e. The Balaban J connectivity index is 0.00000147. The fourth-order valence-corrected chi connectivity index (χ4v) is 3.35. The van der Waals surface area contributed by atoms with Crippen LogP contribution in [0.5, 0.6) is 5.75 Å². The Kier molecular flexibility index (Phi) is 4.90. The van der Waals surface area contributed by atoms with Gasteiger partial charge >= 0.3 is 0 Å². The molecule has 0 bridgehead atoms. The van der Waals surface area contributed by atoms with Crippen LogP contribution in [-0.4, -0.2) is 7.11 Å². The number of benzene rings is 2. The van der Waals surface area contributed by atoms with Crippen LogP contribution in [-0.2, 0) is 0 Å². The third kappa shape index (κ3) is 2.63. The van der Waals surface area contributed by atoms with Crippen molar-refractivity contribution in [3.63, 3.8) is 0 Å². The molecule has 1 saturated carbocycles. The van der Waals surface area contributed by atoms with Gasteiger partial charge in [0, 0.05) is 11.6 Å². The Morgan fingerprint density at radius 3 is 2.50 bits per heavy atom. The molecule has 2 nitrogen and oxygen atoms in total. The van der Waals surface area contributed by atoms with Gasteiger partial charge in [0.2, 0.25) is 0 Å². The van der Waals surface area contributed by atoms with Crippen LogP contribution >= 0.6 is 12.4 Å². The number of hydrogen-bond acceptors (Lipinski definition) is 2. The zero-order valence-electron chi connectivity index (χ0n) is 11.8. The Hall–Kier alpha value is -1.25. The van der Waals surface area contributed by atoms with Gasteiger partial charge in [0.15, 0.2) is 0 Å². The van der Waals surface area contributed by atoms with E-state index in [-0.39, 0.29) is 18.4 Å². The molecular weight excluding hydrogens is 270 g/mol. The van der Waals surface area contributed by atoms with Gasteiger partial charge in [0.05, 0.1) is 7.11 Å². The second kappa shape index (κ2) is 6.47. The van der Waals surface area contributed by atoms with Crippen LogP contribution in [0.2, 0.25) is 0 Å². The summed E-state index contributed by atoms with van der Waals surface area (Å²) in [5.74, 6) is 1.53. The second-order valence-electron chi connectivity index (χ2n) is 5.47. The van der Waals surface area contributed by atoms with Gasteiger partial charge in [-0.1, -0.05) is 43.2 Å². The number of methoxy groups -OCH3 is 1. The minimum absolute atomic E-state index is 0. The summed E-state index contributed by atoms with van der Waals surface area (Å²) < 4.78 is 5.55. The number of nitrogens with two attached hydrogens (primary N) is 1. The van der Waals surface area contributed by atoms with E-state index in [1.807, 2.05) is 6.07 Å². The van der Waals surface area contributed by atoms with E-state index < -0.39 is 0 Å². The predicted octanol–water partition coefficient (Wildman–Crippen LogP) is 4.46. The fourth-order valence-electron chi connectivity index (χ4n) is 3.35. The molecule has 1 atom stereocenters. The molecule has 0 unspecified atom stereocenters. The first-order valence-electron chi connectivity index (χ1n) is 7.12. The first kappa shape index (κ1) is 15.1. The summed E-state index contributed by atoms with van der Waals surface area (Å²) in [7, 11) is 1.73. The first-order valence-corrected chi connectivity index (χ1v) is 7.12. The van der Waals surface area contributed by atoms with E-state index in [2.05, 4.69) is 30.3 Å². The molecule has 0 spiro atoms. The molecule has 20 heavy (non-hydrogen) atoms. The molecule has 2 aromatic rings. The van der Waals surface area contributed by atoms with Crippen molar-refractivity contribution in [2.75, 3.05) is 7.11 Å². The van der Waals surface area contributed by atoms with Crippen molar-refractivity contribution in [3.8, 4) is 5.75 Å². The summed E-state index contributed by atoms with van der Waals surface area (Å²) in [6, 6.07) is 12.7. The fraction of sp³-hybridized carbons (Fsp3) is 0.412. The van der Waals surface area contributed by atoms with E-state index in [9.17, 15) is 0 Å². The summed E-state index contributed by atoms with van der Waals surface area (Å²) in [4.78, 5) is 0. The van der Waals surface area contributed by atoms with Gasteiger partial charge in [-0.15, -0.1) is 12.4 Å². The molecule has 3 rings (SSSR count). The van der Waals surface area contributed by atoms with Crippen molar-refractivity contribution in [3.05, 3.63) is 42.0 Å². The molecule has 0 aliphatic heterocycles. The summed E-state index contributed by atoms with van der Waals surface area (Å²) in [5.41, 5.74) is 7.75. The average Bonchev–Trinajstić information content (AvgIpc) is 2.99. The highest BCUT2D eigenvalue weighted by Gasteiger charge is 2.26. The molecule has 0 radical (unpaired) electrons. The molecule has 1 aliphatic rings. The number of hydrogen-bond donors (Lipinski definition) is 1. The van der Waals surface area contributed by atoms with Crippen molar-refractivity contribution in [1.29, 1.82) is 0 Å². The zero-order chi connectivity index (χ0) is 13.2. The lowest BCUT2D eigenvalue weighted by Gasteiger charge is -2.23.